The van der Waals surface area contributed by atoms with Gasteiger partial charge in [-0.1, -0.05) is 6.07 Å². The van der Waals surface area contributed by atoms with Crippen molar-refractivity contribution in [2.45, 2.75) is 24.4 Å². The molecule has 1 saturated carbocycles. The molecule has 9 heteroatoms. The number of anilines is 1. The smallest absolute Gasteiger partial charge is 0.252 e. The largest absolute Gasteiger partial charge is 0.506 e. The number of nitrogens with two attached hydrogens (primary N) is 1. The summed E-state index contributed by atoms with van der Waals surface area (Å²) in [7, 11) is 0. The Labute approximate surface area is 171 Å². The summed E-state index contributed by atoms with van der Waals surface area (Å²) < 4.78 is 27.9. The maximum atomic E-state index is 14.2. The number of aromatic hydroxyl groups is 1. The Morgan fingerprint density at radius 1 is 1.20 bits per heavy atom. The number of halogens is 2. The summed E-state index contributed by atoms with van der Waals surface area (Å²) in [5.41, 5.74) is 5.16. The van der Waals surface area contributed by atoms with E-state index in [0.717, 1.165) is 17.8 Å². The van der Waals surface area contributed by atoms with E-state index in [1.54, 1.807) is 12.3 Å². The van der Waals surface area contributed by atoms with Crippen LogP contribution in [0.25, 0.3) is 11.3 Å². The van der Waals surface area contributed by atoms with E-state index < -0.39 is 29.1 Å². The molecule has 4 rings (SSSR count). The standard InChI is InChI=1S/C21H19F2N5O2/c22-12-9-21(10-12,16-3-1-2-8-25-16)11-26-17-7-6-15(27-28-17)18-14(23)5-4-13(19(18)29)20(24)30/h1-8,12,29H,9-11H2,(H2,24,30)(H,26,28). The average molecular weight is 411 g/mol. The van der Waals surface area contributed by atoms with Crippen molar-refractivity contribution in [2.75, 3.05) is 11.9 Å². The Balaban J connectivity index is 1.54. The van der Waals surface area contributed by atoms with Crippen molar-refractivity contribution >= 4 is 11.7 Å². The van der Waals surface area contributed by atoms with Gasteiger partial charge in [-0.2, -0.15) is 0 Å². The lowest BCUT2D eigenvalue weighted by Crippen LogP contribution is -2.48. The molecule has 7 nitrogen and oxygen atoms in total. The van der Waals surface area contributed by atoms with Crippen LogP contribution in [0.2, 0.25) is 0 Å². The molecule has 0 radical (unpaired) electrons. The van der Waals surface area contributed by atoms with Crippen LogP contribution in [-0.4, -0.2) is 38.9 Å². The van der Waals surface area contributed by atoms with Crippen molar-refractivity contribution in [2.24, 2.45) is 5.73 Å². The third-order valence-corrected chi connectivity index (χ3v) is 5.35. The van der Waals surface area contributed by atoms with E-state index in [1.807, 2.05) is 18.2 Å². The van der Waals surface area contributed by atoms with Crippen molar-refractivity contribution in [3.05, 3.63) is 65.7 Å². The quantitative estimate of drug-likeness (QED) is 0.575. The van der Waals surface area contributed by atoms with Crippen molar-refractivity contribution in [3.8, 4) is 17.0 Å². The normalized spacial score (nSPS) is 20.4. The Morgan fingerprint density at radius 2 is 2.00 bits per heavy atom. The zero-order chi connectivity index (χ0) is 21.3. The lowest BCUT2D eigenvalue weighted by molar-refractivity contribution is 0.0992. The minimum Gasteiger partial charge on any atom is -0.506 e. The highest BCUT2D eigenvalue weighted by molar-refractivity contribution is 5.98. The third-order valence-electron chi connectivity index (χ3n) is 5.35. The summed E-state index contributed by atoms with van der Waals surface area (Å²) in [6.07, 6.45) is 1.53. The molecule has 1 aromatic carbocycles. The summed E-state index contributed by atoms with van der Waals surface area (Å²) in [6, 6.07) is 10.7. The molecule has 0 spiro atoms. The zero-order valence-electron chi connectivity index (χ0n) is 15.8. The van der Waals surface area contributed by atoms with Gasteiger partial charge >= 0.3 is 0 Å². The number of amides is 1. The van der Waals surface area contributed by atoms with Crippen LogP contribution in [-0.2, 0) is 5.41 Å². The molecule has 1 amide bonds. The number of carbonyl (C=O) groups is 1. The van der Waals surface area contributed by atoms with E-state index in [0.29, 0.717) is 25.2 Å². The number of aromatic nitrogens is 3. The number of benzene rings is 1. The van der Waals surface area contributed by atoms with E-state index in [9.17, 15) is 18.7 Å². The van der Waals surface area contributed by atoms with Gasteiger partial charge in [-0.3, -0.25) is 9.78 Å². The molecule has 0 atom stereocenters. The first-order valence-electron chi connectivity index (χ1n) is 9.34. The van der Waals surface area contributed by atoms with Crippen molar-refractivity contribution < 1.29 is 18.7 Å². The molecule has 2 heterocycles. The van der Waals surface area contributed by atoms with Crippen LogP contribution in [0, 0.1) is 5.82 Å². The zero-order valence-corrected chi connectivity index (χ0v) is 15.8. The lowest BCUT2D eigenvalue weighted by atomic mass is 9.65. The minimum absolute atomic E-state index is 0.0468. The van der Waals surface area contributed by atoms with Gasteiger partial charge in [-0.05, 0) is 49.2 Å². The summed E-state index contributed by atoms with van der Waals surface area (Å²) >= 11 is 0. The second-order valence-electron chi connectivity index (χ2n) is 7.34. The predicted molar refractivity (Wildman–Crippen MR) is 106 cm³/mol. The van der Waals surface area contributed by atoms with E-state index in [2.05, 4.69) is 20.5 Å². The predicted octanol–water partition coefficient (Wildman–Crippen LogP) is 2.96. The highest BCUT2D eigenvalue weighted by Crippen LogP contribution is 2.44. The number of hydrogen-bond acceptors (Lipinski definition) is 6. The van der Waals surface area contributed by atoms with Gasteiger partial charge < -0.3 is 16.2 Å². The first-order valence-corrected chi connectivity index (χ1v) is 9.34. The Bertz CT molecular complexity index is 1070. The fraction of sp³-hybridized carbons (Fsp3) is 0.238. The van der Waals surface area contributed by atoms with Gasteiger partial charge in [-0.15, -0.1) is 10.2 Å². The molecule has 4 N–H and O–H groups in total. The fourth-order valence-corrected chi connectivity index (χ4v) is 3.74. The number of phenols is 1. The number of hydrogen-bond donors (Lipinski definition) is 3. The molecule has 1 fully saturated rings. The summed E-state index contributed by atoms with van der Waals surface area (Å²) in [5.74, 6) is -1.83. The second-order valence-corrected chi connectivity index (χ2v) is 7.34. The van der Waals surface area contributed by atoms with Crippen LogP contribution >= 0.6 is 0 Å². The average Bonchev–Trinajstić information content (AvgIpc) is 2.71. The number of primary amides is 1. The van der Waals surface area contributed by atoms with Crippen LogP contribution in [0.4, 0.5) is 14.6 Å². The Kier molecular flexibility index (Phi) is 5.03. The molecule has 0 saturated heterocycles. The molecule has 2 aromatic heterocycles. The van der Waals surface area contributed by atoms with Gasteiger partial charge in [0.15, 0.2) is 0 Å². The Morgan fingerprint density at radius 3 is 2.60 bits per heavy atom. The molecule has 0 bridgehead atoms. The molecular weight excluding hydrogens is 392 g/mol. The van der Waals surface area contributed by atoms with E-state index in [4.69, 9.17) is 5.73 Å². The van der Waals surface area contributed by atoms with Gasteiger partial charge in [0.25, 0.3) is 5.91 Å². The van der Waals surface area contributed by atoms with Crippen molar-refractivity contribution in [3.63, 3.8) is 0 Å². The number of alkyl halides is 1. The van der Waals surface area contributed by atoms with Gasteiger partial charge in [0.2, 0.25) is 0 Å². The van der Waals surface area contributed by atoms with Crippen LogP contribution in [0.5, 0.6) is 5.75 Å². The molecule has 3 aromatic rings. The van der Waals surface area contributed by atoms with Crippen LogP contribution in [0.15, 0.2) is 48.7 Å². The SMILES string of the molecule is NC(=O)c1ccc(F)c(-c2ccc(NCC3(c4ccccn4)CC(F)C3)nn2)c1O. The molecular formula is C21H19F2N5O2. The maximum absolute atomic E-state index is 14.2. The maximum Gasteiger partial charge on any atom is 0.252 e. The monoisotopic (exact) mass is 411 g/mol. The number of rotatable bonds is 6. The molecule has 30 heavy (non-hydrogen) atoms. The summed E-state index contributed by atoms with van der Waals surface area (Å²) in [4.78, 5) is 15.8. The van der Waals surface area contributed by atoms with Crippen LogP contribution in [0.1, 0.15) is 28.9 Å². The van der Waals surface area contributed by atoms with E-state index >= 15 is 0 Å². The third kappa shape index (κ3) is 3.54. The van der Waals surface area contributed by atoms with Gasteiger partial charge in [0, 0.05) is 23.9 Å². The summed E-state index contributed by atoms with van der Waals surface area (Å²) in [6.45, 7) is 0.412. The number of nitrogens with zero attached hydrogens (tertiary/aromatic N) is 3. The second kappa shape index (κ2) is 7.66. The van der Waals surface area contributed by atoms with Gasteiger partial charge in [-0.25, -0.2) is 8.78 Å². The summed E-state index contributed by atoms with van der Waals surface area (Å²) in [5, 5.41) is 21.3. The fourth-order valence-electron chi connectivity index (χ4n) is 3.74. The molecule has 1 aliphatic rings. The van der Waals surface area contributed by atoms with Crippen LogP contribution in [0.3, 0.4) is 0 Å². The van der Waals surface area contributed by atoms with E-state index in [-0.39, 0.29) is 16.8 Å². The highest BCUT2D eigenvalue weighted by atomic mass is 19.1. The topological polar surface area (TPSA) is 114 Å². The highest BCUT2D eigenvalue weighted by Gasteiger charge is 2.47. The molecule has 154 valence electrons. The molecule has 0 aliphatic heterocycles. The molecule has 0 unspecified atom stereocenters. The lowest BCUT2D eigenvalue weighted by Gasteiger charge is -2.43. The first-order chi connectivity index (χ1) is 14.4. The van der Waals surface area contributed by atoms with Crippen molar-refractivity contribution in [1.82, 2.24) is 15.2 Å². The van der Waals surface area contributed by atoms with Gasteiger partial charge in [0.1, 0.15) is 23.6 Å². The first kappa shape index (κ1) is 19.7. The minimum atomic E-state index is -0.883. The van der Waals surface area contributed by atoms with E-state index in [1.165, 1.54) is 6.07 Å². The number of pyridine rings is 1. The molecule has 1 aliphatic carbocycles. The van der Waals surface area contributed by atoms with Crippen LogP contribution < -0.4 is 11.1 Å². The number of nitrogens with one attached hydrogen (secondary N) is 1. The number of carbonyl (C=O) groups excluding carboxylic acids is 1. The van der Waals surface area contributed by atoms with Crippen molar-refractivity contribution in [1.29, 1.82) is 0 Å². The van der Waals surface area contributed by atoms with Gasteiger partial charge in [0.05, 0.1) is 16.8 Å². The Hall–Kier alpha value is -3.62.